The molecule has 1 saturated heterocycles. The van der Waals surface area contributed by atoms with Crippen LogP contribution in [0.4, 0.5) is 5.82 Å². The summed E-state index contributed by atoms with van der Waals surface area (Å²) in [5.74, 6) is 1.56. The van der Waals surface area contributed by atoms with E-state index in [1.807, 2.05) is 12.1 Å². The number of hydrogen-bond acceptors (Lipinski definition) is 4. The monoisotopic (exact) mass is 392 g/mol. The Bertz CT molecular complexity index is 674. The van der Waals surface area contributed by atoms with E-state index in [4.69, 9.17) is 11.6 Å². The van der Waals surface area contributed by atoms with E-state index < -0.39 is 0 Å². The van der Waals surface area contributed by atoms with Crippen LogP contribution >= 0.6 is 11.6 Å². The summed E-state index contributed by atoms with van der Waals surface area (Å²) in [6, 6.07) is 4.39. The predicted octanol–water partition coefficient (Wildman–Crippen LogP) is 1.88. The first kappa shape index (κ1) is 19.7. The first-order valence-electron chi connectivity index (χ1n) is 9.66. The molecule has 0 aromatic carbocycles. The average molecular weight is 393 g/mol. The highest BCUT2D eigenvalue weighted by molar-refractivity contribution is 6.32. The molecule has 2 heterocycles. The van der Waals surface area contributed by atoms with Gasteiger partial charge in [-0.05, 0) is 31.4 Å². The van der Waals surface area contributed by atoms with Crippen molar-refractivity contribution in [2.75, 3.05) is 38.6 Å². The van der Waals surface area contributed by atoms with Crippen LogP contribution in [0.1, 0.15) is 32.1 Å². The van der Waals surface area contributed by atoms with E-state index in [2.05, 4.69) is 25.5 Å². The maximum absolute atomic E-state index is 11.9. The lowest BCUT2D eigenvalue weighted by Gasteiger charge is -2.22. The van der Waals surface area contributed by atoms with Gasteiger partial charge in [0.2, 0.25) is 5.91 Å². The van der Waals surface area contributed by atoms with Gasteiger partial charge in [0.15, 0.2) is 5.96 Å². The molecule has 1 aromatic rings. The van der Waals surface area contributed by atoms with Crippen LogP contribution in [0.25, 0.3) is 0 Å². The van der Waals surface area contributed by atoms with Crippen LogP contribution in [0, 0.1) is 0 Å². The van der Waals surface area contributed by atoms with Crippen LogP contribution in [-0.2, 0) is 4.79 Å². The van der Waals surface area contributed by atoms with Crippen LogP contribution in [0.5, 0.6) is 0 Å². The van der Waals surface area contributed by atoms with Gasteiger partial charge in [0.05, 0.1) is 5.02 Å². The van der Waals surface area contributed by atoms with E-state index in [0.717, 1.165) is 44.1 Å². The summed E-state index contributed by atoms with van der Waals surface area (Å²) in [4.78, 5) is 24.6. The maximum Gasteiger partial charge on any atom is 0.243 e. The van der Waals surface area contributed by atoms with E-state index in [1.165, 1.54) is 12.8 Å². The summed E-state index contributed by atoms with van der Waals surface area (Å²) in [5, 5.41) is 7.70. The molecule has 7 nitrogen and oxygen atoms in total. The Morgan fingerprint density at radius 3 is 2.74 bits per heavy atom. The lowest BCUT2D eigenvalue weighted by Crippen LogP contribution is -2.48. The van der Waals surface area contributed by atoms with Gasteiger partial charge in [-0.3, -0.25) is 4.79 Å². The highest BCUT2D eigenvalue weighted by atomic mass is 35.5. The molecular weight excluding hydrogens is 364 g/mol. The van der Waals surface area contributed by atoms with Gasteiger partial charge in [0.25, 0.3) is 0 Å². The van der Waals surface area contributed by atoms with Gasteiger partial charge in [0, 0.05) is 45.5 Å². The fraction of sp³-hybridized carbons (Fsp3) is 0.632. The van der Waals surface area contributed by atoms with Crippen molar-refractivity contribution < 1.29 is 4.79 Å². The number of halogens is 1. The molecule has 3 rings (SSSR count). The molecule has 0 radical (unpaired) electrons. The quantitative estimate of drug-likeness (QED) is 0.591. The van der Waals surface area contributed by atoms with Gasteiger partial charge >= 0.3 is 0 Å². The number of carbonyl (C=O) groups excluding carboxylic acids is 1. The minimum Gasteiger partial charge on any atom is -0.354 e. The van der Waals surface area contributed by atoms with Crippen molar-refractivity contribution in [2.45, 2.75) is 44.2 Å². The number of guanidine groups is 1. The number of anilines is 1. The Kier molecular flexibility index (Phi) is 6.77. The molecule has 2 aliphatic rings. The summed E-state index contributed by atoms with van der Waals surface area (Å²) in [6.45, 7) is 1.85. The minimum atomic E-state index is -0.00385. The summed E-state index contributed by atoms with van der Waals surface area (Å²) in [7, 11) is 3.50. The Hall–Kier alpha value is -2.02. The first-order valence-corrected chi connectivity index (χ1v) is 10.0. The number of amides is 1. The molecule has 1 saturated carbocycles. The fourth-order valence-corrected chi connectivity index (χ4v) is 3.80. The third kappa shape index (κ3) is 5.48. The molecule has 1 aromatic heterocycles. The van der Waals surface area contributed by atoms with Gasteiger partial charge in [0.1, 0.15) is 12.4 Å². The Labute approximate surface area is 166 Å². The number of likely N-dealkylation sites (N-methyl/N-ethyl adjacent to an activating group) is 1. The highest BCUT2D eigenvalue weighted by Crippen LogP contribution is 2.25. The largest absolute Gasteiger partial charge is 0.354 e. The second-order valence-electron chi connectivity index (χ2n) is 7.46. The topological polar surface area (TPSA) is 72.9 Å². The van der Waals surface area contributed by atoms with Crippen LogP contribution in [-0.4, -0.2) is 67.6 Å². The van der Waals surface area contributed by atoms with Gasteiger partial charge in [-0.25, -0.2) is 9.98 Å². The summed E-state index contributed by atoms with van der Waals surface area (Å²) < 4.78 is 0. The van der Waals surface area contributed by atoms with Crippen LogP contribution in [0.2, 0.25) is 5.02 Å². The average Bonchev–Trinajstić information content (AvgIpc) is 3.32. The van der Waals surface area contributed by atoms with Crippen molar-refractivity contribution in [3.8, 4) is 0 Å². The van der Waals surface area contributed by atoms with Gasteiger partial charge in [-0.15, -0.1) is 0 Å². The van der Waals surface area contributed by atoms with E-state index >= 15 is 0 Å². The van der Waals surface area contributed by atoms with Gasteiger partial charge in [-0.1, -0.05) is 24.4 Å². The smallest absolute Gasteiger partial charge is 0.243 e. The Morgan fingerprint density at radius 1 is 1.30 bits per heavy atom. The zero-order chi connectivity index (χ0) is 19.2. The molecule has 1 atom stereocenters. The van der Waals surface area contributed by atoms with Crippen molar-refractivity contribution in [1.29, 1.82) is 0 Å². The highest BCUT2D eigenvalue weighted by Gasteiger charge is 2.26. The van der Waals surface area contributed by atoms with Crippen LogP contribution in [0.3, 0.4) is 0 Å². The zero-order valence-corrected chi connectivity index (χ0v) is 16.9. The van der Waals surface area contributed by atoms with Crippen molar-refractivity contribution in [3.05, 3.63) is 23.4 Å². The molecule has 1 aliphatic heterocycles. The fourth-order valence-electron chi connectivity index (χ4n) is 3.56. The molecule has 1 unspecified atom stereocenters. The van der Waals surface area contributed by atoms with E-state index in [9.17, 15) is 4.79 Å². The first-order chi connectivity index (χ1) is 13.0. The molecule has 1 amide bonds. The number of aromatic nitrogens is 1. The number of hydrogen-bond donors (Lipinski definition) is 2. The third-order valence-corrected chi connectivity index (χ3v) is 5.43. The number of nitrogens with zero attached hydrogens (tertiary/aromatic N) is 4. The third-order valence-electron chi connectivity index (χ3n) is 5.13. The lowest BCUT2D eigenvalue weighted by atomic mass is 10.2. The van der Waals surface area contributed by atoms with Crippen molar-refractivity contribution in [1.82, 2.24) is 20.5 Å². The number of pyridine rings is 1. The summed E-state index contributed by atoms with van der Waals surface area (Å²) in [5.41, 5.74) is 0. The van der Waals surface area contributed by atoms with Gasteiger partial charge < -0.3 is 20.4 Å². The summed E-state index contributed by atoms with van der Waals surface area (Å²) in [6.07, 6.45) is 7.54. The molecular formula is C19H29ClN6O. The number of carbonyl (C=O) groups is 1. The molecule has 27 heavy (non-hydrogen) atoms. The molecule has 0 spiro atoms. The Balaban J connectivity index is 1.62. The van der Waals surface area contributed by atoms with Crippen molar-refractivity contribution in [3.63, 3.8) is 0 Å². The number of aliphatic imine (C=N–C) groups is 1. The van der Waals surface area contributed by atoms with Crippen LogP contribution < -0.4 is 15.5 Å². The molecule has 8 heteroatoms. The zero-order valence-electron chi connectivity index (χ0n) is 16.1. The normalized spacial score (nSPS) is 20.8. The van der Waals surface area contributed by atoms with Gasteiger partial charge in [-0.2, -0.15) is 0 Å². The number of nitrogens with one attached hydrogen (secondary N) is 2. The standard InChI is InChI=1S/C19H29ClN6O/c1-25(2)17(27)12-22-19(23-14-6-3-4-7-14)24-15-9-11-26(13-15)18-16(20)8-5-10-21-18/h5,8,10,14-15H,3-4,6-7,9,11-13H2,1-2H3,(H2,22,23,24). The molecule has 2 fully saturated rings. The second-order valence-corrected chi connectivity index (χ2v) is 7.87. The number of rotatable bonds is 5. The lowest BCUT2D eigenvalue weighted by molar-refractivity contribution is -0.127. The maximum atomic E-state index is 11.9. The van der Waals surface area contributed by atoms with E-state index in [0.29, 0.717) is 11.1 Å². The van der Waals surface area contributed by atoms with E-state index in [-0.39, 0.29) is 18.5 Å². The predicted molar refractivity (Wildman–Crippen MR) is 109 cm³/mol. The van der Waals surface area contributed by atoms with Crippen molar-refractivity contribution in [2.24, 2.45) is 4.99 Å². The van der Waals surface area contributed by atoms with Crippen molar-refractivity contribution >= 4 is 29.3 Å². The molecule has 1 aliphatic carbocycles. The summed E-state index contributed by atoms with van der Waals surface area (Å²) >= 11 is 6.28. The molecule has 2 N–H and O–H groups in total. The van der Waals surface area contributed by atoms with Crippen LogP contribution in [0.15, 0.2) is 23.3 Å². The second kappa shape index (κ2) is 9.26. The molecule has 148 valence electrons. The minimum absolute atomic E-state index is 0.00385. The van der Waals surface area contributed by atoms with E-state index in [1.54, 1.807) is 25.2 Å². The SMILES string of the molecule is CN(C)C(=O)CN=C(NC1CCCC1)NC1CCN(c2ncccc2Cl)C1. The molecule has 0 bridgehead atoms. The Morgan fingerprint density at radius 2 is 2.04 bits per heavy atom.